The van der Waals surface area contributed by atoms with Gasteiger partial charge in [0.25, 0.3) is 5.56 Å². The number of carbonyl (C=O) groups is 1. The molecule has 35 heavy (non-hydrogen) atoms. The summed E-state index contributed by atoms with van der Waals surface area (Å²) in [7, 11) is 0. The van der Waals surface area contributed by atoms with E-state index in [-0.39, 0.29) is 24.7 Å². The number of H-pyrrole nitrogens is 1. The lowest BCUT2D eigenvalue weighted by Gasteiger charge is -2.34. The average molecular weight is 493 g/mol. The topological polar surface area (TPSA) is 78.4 Å². The van der Waals surface area contributed by atoms with Crippen LogP contribution in [0.3, 0.4) is 0 Å². The number of halogens is 1. The van der Waals surface area contributed by atoms with Gasteiger partial charge in [-0.1, -0.05) is 30.3 Å². The van der Waals surface area contributed by atoms with Crippen molar-refractivity contribution in [3.8, 4) is 10.4 Å². The fraction of sp³-hybridized carbons (Fsp3) is 0.269. The van der Waals surface area contributed by atoms with Crippen LogP contribution in [0.2, 0.25) is 0 Å². The van der Waals surface area contributed by atoms with Gasteiger partial charge in [0.05, 0.1) is 10.9 Å². The third kappa shape index (κ3) is 4.96. The number of hydrogen-bond donors (Lipinski definition) is 1. The molecular weight excluding hydrogens is 467 g/mol. The Bertz CT molecular complexity index is 1480. The highest BCUT2D eigenvalue weighted by molar-refractivity contribution is 7.15. The van der Waals surface area contributed by atoms with Crippen LogP contribution in [0.1, 0.15) is 11.3 Å². The number of rotatable bonds is 6. The lowest BCUT2D eigenvalue weighted by atomic mass is 10.2. The van der Waals surface area contributed by atoms with Gasteiger partial charge in [-0.2, -0.15) is 0 Å². The summed E-state index contributed by atoms with van der Waals surface area (Å²) in [6, 6.07) is 17.7. The first-order valence-corrected chi connectivity index (χ1v) is 12.4. The molecule has 4 aromatic rings. The van der Waals surface area contributed by atoms with Crippen LogP contribution >= 0.6 is 11.3 Å². The molecule has 9 heteroatoms. The minimum atomic E-state index is -0.503. The predicted molar refractivity (Wildman–Crippen MR) is 135 cm³/mol. The molecule has 5 rings (SSSR count). The summed E-state index contributed by atoms with van der Waals surface area (Å²) in [5.74, 6) is -0.227. The Hall–Kier alpha value is -3.56. The van der Waals surface area contributed by atoms with Gasteiger partial charge < -0.3 is 4.90 Å². The second-order valence-corrected chi connectivity index (χ2v) is 9.75. The highest BCUT2D eigenvalue weighted by atomic mass is 32.1. The van der Waals surface area contributed by atoms with Crippen LogP contribution in [-0.4, -0.2) is 51.4 Å². The number of para-hydroxylation sites is 1. The maximum absolute atomic E-state index is 14.1. The first-order valence-electron chi connectivity index (χ1n) is 11.6. The van der Waals surface area contributed by atoms with E-state index < -0.39 is 11.2 Å². The molecule has 2 aromatic heterocycles. The second-order valence-electron chi connectivity index (χ2n) is 8.58. The van der Waals surface area contributed by atoms with Gasteiger partial charge in [-0.3, -0.25) is 24.0 Å². The number of aromatic amines is 1. The number of nitrogens with one attached hydrogen (secondary N) is 1. The molecule has 0 aliphatic carbocycles. The number of fused-ring (bicyclic) bond motifs is 1. The first kappa shape index (κ1) is 23.2. The van der Waals surface area contributed by atoms with E-state index in [0.717, 1.165) is 29.4 Å². The van der Waals surface area contributed by atoms with E-state index in [0.29, 0.717) is 29.6 Å². The summed E-state index contributed by atoms with van der Waals surface area (Å²) >= 11 is 1.59. The number of aryl methyl sites for hydroxylation is 1. The molecule has 0 spiro atoms. The molecule has 7 nitrogen and oxygen atoms in total. The standard InChI is InChI=1S/C26H25FN4O3S/c27-21-7-3-1-5-19(21)23-10-9-18(35-23)17-29-13-15-30(16-14-29)24(32)11-12-31-22-8-4-2-6-20(22)25(33)28-26(31)34/h1-10H,11-17H2,(H,28,33,34). The molecule has 1 fully saturated rings. The molecule has 0 bridgehead atoms. The Morgan fingerprint density at radius 3 is 2.49 bits per heavy atom. The molecule has 0 atom stereocenters. The molecule has 1 N–H and O–H groups in total. The first-order chi connectivity index (χ1) is 17.0. The van der Waals surface area contributed by atoms with Gasteiger partial charge in [-0.15, -0.1) is 11.3 Å². The van der Waals surface area contributed by atoms with E-state index in [9.17, 15) is 18.8 Å². The molecule has 1 saturated heterocycles. The van der Waals surface area contributed by atoms with Crippen molar-refractivity contribution in [2.24, 2.45) is 0 Å². The quantitative estimate of drug-likeness (QED) is 0.448. The zero-order chi connectivity index (χ0) is 24.4. The molecular formula is C26H25FN4O3S. The van der Waals surface area contributed by atoms with Gasteiger partial charge >= 0.3 is 5.69 Å². The molecule has 2 aromatic carbocycles. The van der Waals surface area contributed by atoms with Crippen LogP contribution < -0.4 is 11.2 Å². The molecule has 180 valence electrons. The summed E-state index contributed by atoms with van der Waals surface area (Å²) < 4.78 is 15.5. The van der Waals surface area contributed by atoms with Gasteiger partial charge in [-0.05, 0) is 30.3 Å². The minimum absolute atomic E-state index is 0.00945. The summed E-state index contributed by atoms with van der Waals surface area (Å²) in [6.45, 7) is 3.71. The highest BCUT2D eigenvalue weighted by Gasteiger charge is 2.22. The SMILES string of the molecule is O=C(CCn1c(=O)[nH]c(=O)c2ccccc21)N1CCN(Cc2ccc(-c3ccccc3F)s2)CC1. The van der Waals surface area contributed by atoms with Crippen molar-refractivity contribution in [1.82, 2.24) is 19.4 Å². The Labute approximate surface area is 205 Å². The minimum Gasteiger partial charge on any atom is -0.340 e. The third-order valence-corrected chi connectivity index (χ3v) is 7.46. The fourth-order valence-corrected chi connectivity index (χ4v) is 5.55. The molecule has 1 aliphatic heterocycles. The zero-order valence-electron chi connectivity index (χ0n) is 19.1. The molecule has 1 amide bonds. The summed E-state index contributed by atoms with van der Waals surface area (Å²) in [5, 5.41) is 0.430. The van der Waals surface area contributed by atoms with Crippen molar-refractivity contribution < 1.29 is 9.18 Å². The molecule has 1 aliphatic rings. The lowest BCUT2D eigenvalue weighted by Crippen LogP contribution is -2.48. The van der Waals surface area contributed by atoms with Crippen molar-refractivity contribution in [3.63, 3.8) is 0 Å². The maximum atomic E-state index is 14.1. The summed E-state index contributed by atoms with van der Waals surface area (Å²) in [6.07, 6.45) is 0.187. The van der Waals surface area contributed by atoms with E-state index in [1.165, 1.54) is 10.6 Å². The van der Waals surface area contributed by atoms with E-state index in [2.05, 4.69) is 9.88 Å². The average Bonchev–Trinajstić information content (AvgIpc) is 3.32. The monoisotopic (exact) mass is 492 g/mol. The highest BCUT2D eigenvalue weighted by Crippen LogP contribution is 2.30. The van der Waals surface area contributed by atoms with Crippen molar-refractivity contribution in [3.05, 3.63) is 92.2 Å². The molecule has 3 heterocycles. The number of thiophene rings is 1. The van der Waals surface area contributed by atoms with Crippen molar-refractivity contribution >= 4 is 28.1 Å². The Balaban J connectivity index is 1.16. The predicted octanol–water partition coefficient (Wildman–Crippen LogP) is 3.29. The normalized spacial score (nSPS) is 14.5. The summed E-state index contributed by atoms with van der Waals surface area (Å²) in [5.41, 5.74) is 0.228. The van der Waals surface area contributed by atoms with Crippen molar-refractivity contribution in [2.75, 3.05) is 26.2 Å². The van der Waals surface area contributed by atoms with Gasteiger partial charge in [0.15, 0.2) is 0 Å². The molecule has 0 unspecified atom stereocenters. The van der Waals surface area contributed by atoms with Crippen LogP contribution in [0, 0.1) is 5.82 Å². The smallest absolute Gasteiger partial charge is 0.328 e. The number of aromatic nitrogens is 2. The molecule has 0 saturated carbocycles. The zero-order valence-corrected chi connectivity index (χ0v) is 19.9. The maximum Gasteiger partial charge on any atom is 0.328 e. The van der Waals surface area contributed by atoms with Gasteiger partial charge in [0.2, 0.25) is 5.91 Å². The van der Waals surface area contributed by atoms with Gasteiger partial charge in [0, 0.05) is 61.0 Å². The van der Waals surface area contributed by atoms with Crippen LogP contribution in [0.15, 0.2) is 70.3 Å². The Kier molecular flexibility index (Phi) is 6.61. The van der Waals surface area contributed by atoms with Gasteiger partial charge in [0.1, 0.15) is 5.82 Å². The van der Waals surface area contributed by atoms with Crippen LogP contribution in [0.25, 0.3) is 21.3 Å². The Morgan fingerprint density at radius 2 is 1.69 bits per heavy atom. The molecule has 0 radical (unpaired) electrons. The van der Waals surface area contributed by atoms with E-state index in [1.54, 1.807) is 47.7 Å². The van der Waals surface area contributed by atoms with E-state index in [1.807, 2.05) is 23.1 Å². The second kappa shape index (κ2) is 9.97. The number of benzene rings is 2. The number of amides is 1. The van der Waals surface area contributed by atoms with E-state index in [4.69, 9.17) is 0 Å². The fourth-order valence-electron chi connectivity index (χ4n) is 4.47. The number of piperazine rings is 1. The van der Waals surface area contributed by atoms with Crippen LogP contribution in [0.5, 0.6) is 0 Å². The third-order valence-electron chi connectivity index (χ3n) is 6.36. The van der Waals surface area contributed by atoms with Gasteiger partial charge in [-0.25, -0.2) is 9.18 Å². The largest absolute Gasteiger partial charge is 0.340 e. The number of carbonyl (C=O) groups excluding carboxylic acids is 1. The lowest BCUT2D eigenvalue weighted by molar-refractivity contribution is -0.133. The summed E-state index contributed by atoms with van der Waals surface area (Å²) in [4.78, 5) is 45.7. The van der Waals surface area contributed by atoms with E-state index >= 15 is 0 Å². The van der Waals surface area contributed by atoms with Crippen LogP contribution in [-0.2, 0) is 17.9 Å². The number of hydrogen-bond acceptors (Lipinski definition) is 5. The van der Waals surface area contributed by atoms with Crippen LogP contribution in [0.4, 0.5) is 4.39 Å². The van der Waals surface area contributed by atoms with Crippen molar-refractivity contribution in [1.29, 1.82) is 0 Å². The number of nitrogens with zero attached hydrogens (tertiary/aromatic N) is 3. The van der Waals surface area contributed by atoms with Crippen molar-refractivity contribution in [2.45, 2.75) is 19.5 Å². The Morgan fingerprint density at radius 1 is 0.943 bits per heavy atom.